The number of aliphatic hydroxyl groups excluding tert-OH is 2. The molecule has 0 bridgehead atoms. The summed E-state index contributed by atoms with van der Waals surface area (Å²) in [5, 5.41) is 37.0. The predicted octanol–water partition coefficient (Wildman–Crippen LogP) is 4.15. The lowest BCUT2D eigenvalue weighted by Gasteiger charge is -2.62. The Balaban J connectivity index is 1.28. The molecule has 42 heavy (non-hydrogen) atoms. The number of nitriles is 1. The molecular formula is C31H34N6O4S. The Hall–Kier alpha value is -3.79. The molecule has 2 aromatic heterocycles. The summed E-state index contributed by atoms with van der Waals surface area (Å²) in [6.45, 7) is 4.26. The minimum Gasteiger partial charge on any atom is -0.387 e. The van der Waals surface area contributed by atoms with Gasteiger partial charge in [-0.3, -0.25) is 0 Å². The van der Waals surface area contributed by atoms with Crippen LogP contribution in [0.2, 0.25) is 0 Å². The maximum atomic E-state index is 11.2. The Labute approximate surface area is 246 Å². The van der Waals surface area contributed by atoms with E-state index in [2.05, 4.69) is 65.3 Å². The van der Waals surface area contributed by atoms with E-state index in [0.29, 0.717) is 23.0 Å². The van der Waals surface area contributed by atoms with E-state index in [-0.39, 0.29) is 11.4 Å². The summed E-state index contributed by atoms with van der Waals surface area (Å²) in [5.74, 6) is 0.779. The number of aromatic nitrogens is 3. The topological polar surface area (TPSA) is 128 Å². The normalized spacial score (nSPS) is 29.5. The number of fused-ring (bicyclic) bond motifs is 2. The molecule has 1 saturated heterocycles. The van der Waals surface area contributed by atoms with Crippen molar-refractivity contribution >= 4 is 27.7 Å². The number of ether oxygens (including phenoxy) is 2. The Morgan fingerprint density at radius 3 is 2.60 bits per heavy atom. The summed E-state index contributed by atoms with van der Waals surface area (Å²) >= 11 is 0. The molecule has 11 heteroatoms. The molecule has 5 atom stereocenters. The van der Waals surface area contributed by atoms with Gasteiger partial charge in [-0.1, -0.05) is 36.4 Å². The number of rotatable bonds is 8. The quantitative estimate of drug-likeness (QED) is 0.233. The molecule has 4 aromatic rings. The van der Waals surface area contributed by atoms with E-state index in [1.807, 2.05) is 38.4 Å². The van der Waals surface area contributed by atoms with E-state index >= 15 is 0 Å². The maximum absolute atomic E-state index is 11.2. The fraction of sp³-hybridized carbons (Fsp3) is 0.355. The first kappa shape index (κ1) is 28.3. The zero-order chi connectivity index (χ0) is 29.7. The zero-order valence-corrected chi connectivity index (χ0v) is 24.8. The number of benzene rings is 2. The van der Waals surface area contributed by atoms with Crippen LogP contribution in [0.25, 0.3) is 5.52 Å². The van der Waals surface area contributed by atoms with E-state index in [1.165, 1.54) is 21.7 Å². The third-order valence-electron chi connectivity index (χ3n) is 8.31. The molecule has 10 nitrogen and oxygen atoms in total. The first-order valence-corrected chi connectivity index (χ1v) is 15.5. The molecular weight excluding hydrogens is 552 g/mol. The SMILES string of the molecule is CN(C)C=Nc1ncnn2c([C@@H]3O[C@](C#N)(COCS4(c5ccccc5)c5ccccc5C4(C)C)[C@@H](O)[C@H]3O)ccc12. The van der Waals surface area contributed by atoms with Crippen LogP contribution in [0.5, 0.6) is 0 Å². The summed E-state index contributed by atoms with van der Waals surface area (Å²) < 4.78 is 14.0. The molecule has 1 unspecified atom stereocenters. The van der Waals surface area contributed by atoms with Crippen molar-refractivity contribution in [1.82, 2.24) is 19.5 Å². The van der Waals surface area contributed by atoms with Crippen molar-refractivity contribution in [3.63, 3.8) is 0 Å². The van der Waals surface area contributed by atoms with Gasteiger partial charge < -0.3 is 24.6 Å². The van der Waals surface area contributed by atoms with Gasteiger partial charge in [-0.05, 0) is 54.6 Å². The fourth-order valence-electron chi connectivity index (χ4n) is 6.07. The van der Waals surface area contributed by atoms with Crippen LogP contribution in [0.15, 0.2) is 87.8 Å². The Morgan fingerprint density at radius 1 is 1.12 bits per heavy atom. The largest absolute Gasteiger partial charge is 0.387 e. The summed E-state index contributed by atoms with van der Waals surface area (Å²) in [7, 11) is 2.07. The Morgan fingerprint density at radius 2 is 1.86 bits per heavy atom. The van der Waals surface area contributed by atoms with Gasteiger partial charge >= 0.3 is 0 Å². The van der Waals surface area contributed by atoms with Gasteiger partial charge in [0.2, 0.25) is 5.60 Å². The summed E-state index contributed by atoms with van der Waals surface area (Å²) in [6, 6.07) is 24.4. The highest BCUT2D eigenvalue weighted by molar-refractivity contribution is 8.35. The molecule has 6 rings (SSSR count). The monoisotopic (exact) mass is 586 g/mol. The molecule has 4 heterocycles. The lowest BCUT2D eigenvalue weighted by molar-refractivity contribution is -0.0862. The minimum atomic E-state index is -1.78. The fourth-order valence-corrected chi connectivity index (χ4v) is 10.4. The van der Waals surface area contributed by atoms with Crippen molar-refractivity contribution in [2.24, 2.45) is 4.99 Å². The van der Waals surface area contributed by atoms with E-state index in [9.17, 15) is 15.5 Å². The molecule has 0 saturated carbocycles. The van der Waals surface area contributed by atoms with Gasteiger partial charge in [-0.2, -0.15) is 20.4 Å². The molecule has 0 spiro atoms. The van der Waals surface area contributed by atoms with Crippen LogP contribution in [-0.4, -0.2) is 80.5 Å². The first-order valence-electron chi connectivity index (χ1n) is 13.7. The van der Waals surface area contributed by atoms with Gasteiger partial charge in [0.25, 0.3) is 0 Å². The van der Waals surface area contributed by atoms with Gasteiger partial charge in [-0.15, -0.1) is 0 Å². The maximum Gasteiger partial charge on any atom is 0.206 e. The van der Waals surface area contributed by atoms with Gasteiger partial charge in [0.1, 0.15) is 36.2 Å². The predicted molar refractivity (Wildman–Crippen MR) is 160 cm³/mol. The van der Waals surface area contributed by atoms with Crippen LogP contribution >= 0.6 is 10.0 Å². The van der Waals surface area contributed by atoms with Crippen LogP contribution in [0.1, 0.15) is 31.2 Å². The van der Waals surface area contributed by atoms with Crippen molar-refractivity contribution in [2.45, 2.75) is 52.3 Å². The number of hydrogen-bond donors (Lipinski definition) is 2. The van der Waals surface area contributed by atoms with Crippen LogP contribution in [-0.2, 0) is 14.2 Å². The van der Waals surface area contributed by atoms with Gasteiger partial charge in [0.15, 0.2) is 5.82 Å². The third kappa shape index (κ3) is 4.13. The van der Waals surface area contributed by atoms with E-state index < -0.39 is 33.9 Å². The molecule has 2 aromatic carbocycles. The minimum absolute atomic E-state index is 0.167. The number of aliphatic hydroxyl groups is 2. The van der Waals surface area contributed by atoms with Crippen molar-refractivity contribution < 1.29 is 19.7 Å². The third-order valence-corrected chi connectivity index (χ3v) is 13.0. The lowest BCUT2D eigenvalue weighted by atomic mass is 9.96. The van der Waals surface area contributed by atoms with Crippen LogP contribution < -0.4 is 0 Å². The molecule has 0 aliphatic carbocycles. The molecule has 2 aliphatic rings. The zero-order valence-electron chi connectivity index (χ0n) is 24.0. The number of nitrogens with zero attached hydrogens (tertiary/aromatic N) is 6. The average molecular weight is 587 g/mol. The first-order chi connectivity index (χ1) is 20.2. The smallest absolute Gasteiger partial charge is 0.206 e. The second-order valence-electron chi connectivity index (χ2n) is 11.3. The molecule has 218 valence electrons. The summed E-state index contributed by atoms with van der Waals surface area (Å²) in [5.41, 5.74) is 0.572. The Bertz CT molecular complexity index is 1690. The molecule has 1 fully saturated rings. The molecule has 0 radical (unpaired) electrons. The Kier molecular flexibility index (Phi) is 7.07. The molecule has 2 N–H and O–H groups in total. The highest BCUT2D eigenvalue weighted by Crippen LogP contribution is 2.82. The standard InChI is InChI=1S/C31H34N6O4S/c1-30(2)22-12-8-9-13-25(22)42(30,21-10-6-5-7-11-21)20-40-17-31(16-32)28(39)26(38)27(41-31)23-14-15-24-29(34-19-36(3)4)33-18-35-37(23)24/h5-15,18-19,26-28,38-39H,17,20H2,1-4H3/t26-,27-,28-,31+/m0/s1. The molecule has 0 amide bonds. The van der Waals surface area contributed by atoms with Crippen molar-refractivity contribution in [3.05, 3.63) is 84.3 Å². The van der Waals surface area contributed by atoms with Crippen molar-refractivity contribution in [1.29, 1.82) is 5.26 Å². The van der Waals surface area contributed by atoms with E-state index in [0.717, 1.165) is 0 Å². The lowest BCUT2D eigenvalue weighted by Crippen LogP contribution is -2.47. The highest BCUT2D eigenvalue weighted by atomic mass is 32.3. The second-order valence-corrected chi connectivity index (χ2v) is 15.0. The highest BCUT2D eigenvalue weighted by Gasteiger charge is 2.58. The summed E-state index contributed by atoms with van der Waals surface area (Å²) in [4.78, 5) is 12.9. The van der Waals surface area contributed by atoms with Crippen LogP contribution in [0, 0.1) is 11.3 Å². The van der Waals surface area contributed by atoms with Crippen LogP contribution in [0.3, 0.4) is 0 Å². The van der Waals surface area contributed by atoms with E-state index in [1.54, 1.807) is 27.9 Å². The van der Waals surface area contributed by atoms with Crippen LogP contribution in [0.4, 0.5) is 5.82 Å². The average Bonchev–Trinajstić information content (AvgIpc) is 3.54. The van der Waals surface area contributed by atoms with Gasteiger partial charge in [0, 0.05) is 23.7 Å². The number of hydrogen-bond acceptors (Lipinski definition) is 8. The molecule has 2 aliphatic heterocycles. The number of aliphatic imine (C=N–C) groups is 1. The van der Waals surface area contributed by atoms with Gasteiger partial charge in [0.05, 0.1) is 24.6 Å². The van der Waals surface area contributed by atoms with Crippen molar-refractivity contribution in [3.8, 4) is 6.07 Å². The van der Waals surface area contributed by atoms with Gasteiger partial charge in [-0.25, -0.2) is 14.5 Å². The second kappa shape index (κ2) is 10.5. The van der Waals surface area contributed by atoms with E-state index in [4.69, 9.17) is 9.47 Å². The summed E-state index contributed by atoms with van der Waals surface area (Å²) in [6.07, 6.45) is -0.922. The van der Waals surface area contributed by atoms with Crippen molar-refractivity contribution in [2.75, 3.05) is 26.6 Å².